The normalized spacial score (nSPS) is 11.7. The van der Waals surface area contributed by atoms with E-state index in [4.69, 9.17) is 0 Å². The molecule has 0 aliphatic carbocycles. The Bertz CT molecular complexity index is 1120. The highest BCUT2D eigenvalue weighted by molar-refractivity contribution is 7.10. The van der Waals surface area contributed by atoms with Crippen LogP contribution in [0.15, 0.2) is 95.1 Å². The van der Waals surface area contributed by atoms with Gasteiger partial charge < -0.3 is 10.3 Å². The zero-order valence-corrected chi connectivity index (χ0v) is 15.8. The number of nitrogens with one attached hydrogen (secondary N) is 2. The molecule has 138 valence electrons. The Labute approximate surface area is 166 Å². The number of aromatic nitrogens is 1. The van der Waals surface area contributed by atoms with Gasteiger partial charge in [0.2, 0.25) is 0 Å². The summed E-state index contributed by atoms with van der Waals surface area (Å²) in [6.45, 7) is 0. The van der Waals surface area contributed by atoms with Crippen molar-refractivity contribution >= 4 is 17.2 Å². The first kappa shape index (κ1) is 17.9. The summed E-state index contributed by atoms with van der Waals surface area (Å²) < 4.78 is 0. The topological polar surface area (TPSA) is 62.0 Å². The fourth-order valence-corrected chi connectivity index (χ4v) is 3.87. The lowest BCUT2D eigenvalue weighted by molar-refractivity contribution is 0.0942. The average molecular weight is 386 g/mol. The number of pyridine rings is 1. The number of amides is 1. The second-order valence-electron chi connectivity index (χ2n) is 6.31. The van der Waals surface area contributed by atoms with Crippen LogP contribution >= 0.6 is 11.3 Å². The van der Waals surface area contributed by atoms with Crippen LogP contribution in [-0.2, 0) is 0 Å². The monoisotopic (exact) mass is 386 g/mol. The van der Waals surface area contributed by atoms with Crippen molar-refractivity contribution in [1.82, 2.24) is 10.3 Å². The quantitative estimate of drug-likeness (QED) is 0.526. The summed E-state index contributed by atoms with van der Waals surface area (Å²) in [4.78, 5) is 29.2. The van der Waals surface area contributed by atoms with Crippen LogP contribution in [-0.4, -0.2) is 10.9 Å². The second-order valence-corrected chi connectivity index (χ2v) is 7.29. The fourth-order valence-electron chi connectivity index (χ4n) is 3.07. The zero-order valence-electron chi connectivity index (χ0n) is 15.0. The molecule has 0 radical (unpaired) electrons. The van der Waals surface area contributed by atoms with E-state index in [1.165, 1.54) is 0 Å². The number of H-pyrrole nitrogens is 1. The maximum Gasteiger partial charge on any atom is 0.261 e. The number of thiophene rings is 1. The Balaban J connectivity index is 1.62. The molecule has 0 unspecified atom stereocenters. The zero-order chi connectivity index (χ0) is 19.3. The minimum atomic E-state index is -0.406. The van der Waals surface area contributed by atoms with Gasteiger partial charge in [-0.25, -0.2) is 0 Å². The van der Waals surface area contributed by atoms with Crippen molar-refractivity contribution in [3.8, 4) is 11.3 Å². The SMILES string of the molecule is O=C(N[C@H](c1ccccc1)c1cccs1)c1ccc(-c2ccccc2)[nH]c1=O. The summed E-state index contributed by atoms with van der Waals surface area (Å²) in [7, 11) is 0. The molecule has 4 aromatic rings. The lowest BCUT2D eigenvalue weighted by atomic mass is 10.0. The first-order valence-corrected chi connectivity index (χ1v) is 9.78. The highest BCUT2D eigenvalue weighted by Crippen LogP contribution is 2.26. The van der Waals surface area contributed by atoms with Gasteiger partial charge in [-0.1, -0.05) is 66.7 Å². The summed E-state index contributed by atoms with van der Waals surface area (Å²) >= 11 is 1.57. The van der Waals surface area contributed by atoms with Crippen LogP contribution in [0, 0.1) is 0 Å². The second kappa shape index (κ2) is 8.06. The Kier molecular flexibility index (Phi) is 5.17. The van der Waals surface area contributed by atoms with E-state index in [2.05, 4.69) is 10.3 Å². The Hall–Kier alpha value is -3.44. The number of rotatable bonds is 5. The lowest BCUT2D eigenvalue weighted by Crippen LogP contribution is -2.33. The van der Waals surface area contributed by atoms with Crippen molar-refractivity contribution in [1.29, 1.82) is 0 Å². The maximum atomic E-state index is 12.9. The molecule has 4 rings (SSSR count). The minimum Gasteiger partial charge on any atom is -0.340 e. The van der Waals surface area contributed by atoms with Crippen LogP contribution in [0.4, 0.5) is 0 Å². The molecule has 2 aromatic carbocycles. The molecular weight excluding hydrogens is 368 g/mol. The first-order chi connectivity index (χ1) is 13.7. The fraction of sp³-hybridized carbons (Fsp3) is 0.0435. The minimum absolute atomic E-state index is 0.0946. The van der Waals surface area contributed by atoms with Gasteiger partial charge in [0.15, 0.2) is 0 Å². The number of hydrogen-bond donors (Lipinski definition) is 2. The molecule has 0 aliphatic heterocycles. The van der Waals surface area contributed by atoms with Gasteiger partial charge in [-0.15, -0.1) is 11.3 Å². The van der Waals surface area contributed by atoms with Crippen LogP contribution in [0.2, 0.25) is 0 Å². The molecule has 2 aromatic heterocycles. The van der Waals surface area contributed by atoms with Gasteiger partial charge in [0.25, 0.3) is 11.5 Å². The smallest absolute Gasteiger partial charge is 0.261 e. The summed E-state index contributed by atoms with van der Waals surface area (Å²) in [5.41, 5.74) is 2.23. The van der Waals surface area contributed by atoms with E-state index >= 15 is 0 Å². The third kappa shape index (κ3) is 3.80. The number of hydrogen-bond acceptors (Lipinski definition) is 3. The average Bonchev–Trinajstić information content (AvgIpc) is 3.27. The molecule has 0 saturated carbocycles. The summed E-state index contributed by atoms with van der Waals surface area (Å²) in [5, 5.41) is 4.97. The van der Waals surface area contributed by atoms with Gasteiger partial charge in [-0.3, -0.25) is 9.59 Å². The van der Waals surface area contributed by atoms with E-state index in [9.17, 15) is 9.59 Å². The Morgan fingerprint density at radius 1 is 0.857 bits per heavy atom. The largest absolute Gasteiger partial charge is 0.340 e. The number of benzene rings is 2. The molecule has 1 amide bonds. The molecule has 0 saturated heterocycles. The van der Waals surface area contributed by atoms with E-state index in [1.54, 1.807) is 23.5 Å². The molecular formula is C23H18N2O2S. The van der Waals surface area contributed by atoms with Crippen molar-refractivity contribution in [2.45, 2.75) is 6.04 Å². The van der Waals surface area contributed by atoms with Crippen molar-refractivity contribution in [3.63, 3.8) is 0 Å². The third-order valence-corrected chi connectivity index (χ3v) is 5.41. The molecule has 0 spiro atoms. The third-order valence-electron chi connectivity index (χ3n) is 4.47. The molecule has 2 heterocycles. The van der Waals surface area contributed by atoms with E-state index in [0.29, 0.717) is 5.69 Å². The van der Waals surface area contributed by atoms with Crippen molar-refractivity contribution in [2.24, 2.45) is 0 Å². The van der Waals surface area contributed by atoms with Gasteiger partial charge in [0.05, 0.1) is 6.04 Å². The van der Waals surface area contributed by atoms with Gasteiger partial charge in [0, 0.05) is 10.6 Å². The number of carbonyl (C=O) groups excluding carboxylic acids is 1. The predicted molar refractivity (Wildman–Crippen MR) is 113 cm³/mol. The van der Waals surface area contributed by atoms with Crippen LogP contribution in [0.1, 0.15) is 26.8 Å². The molecule has 5 heteroatoms. The molecule has 4 nitrogen and oxygen atoms in total. The van der Waals surface area contributed by atoms with E-state index in [0.717, 1.165) is 16.0 Å². The van der Waals surface area contributed by atoms with Crippen LogP contribution < -0.4 is 10.9 Å². The predicted octanol–water partition coefficient (Wildman–Crippen LogP) is 4.62. The lowest BCUT2D eigenvalue weighted by Gasteiger charge is -2.18. The van der Waals surface area contributed by atoms with Gasteiger partial charge in [0.1, 0.15) is 5.56 Å². The van der Waals surface area contributed by atoms with Crippen LogP contribution in [0.3, 0.4) is 0 Å². The number of aromatic amines is 1. The van der Waals surface area contributed by atoms with Crippen molar-refractivity contribution in [2.75, 3.05) is 0 Å². The molecule has 28 heavy (non-hydrogen) atoms. The standard InChI is InChI=1S/C23H18N2O2S/c26-22-18(13-14-19(24-22)16-8-3-1-4-9-16)23(27)25-21(20-12-7-15-28-20)17-10-5-2-6-11-17/h1-15,21H,(H,24,26)(H,25,27)/t21-/m1/s1. The van der Waals surface area contributed by atoms with Gasteiger partial charge >= 0.3 is 0 Å². The molecule has 1 atom stereocenters. The highest BCUT2D eigenvalue weighted by atomic mass is 32.1. The Morgan fingerprint density at radius 2 is 1.57 bits per heavy atom. The van der Waals surface area contributed by atoms with Gasteiger partial charge in [-0.05, 0) is 34.7 Å². The first-order valence-electron chi connectivity index (χ1n) is 8.90. The summed E-state index contributed by atoms with van der Waals surface area (Å²) in [6, 6.07) is 26.2. The van der Waals surface area contributed by atoms with Crippen molar-refractivity contribution in [3.05, 3.63) is 117 Å². The summed E-state index contributed by atoms with van der Waals surface area (Å²) in [5.74, 6) is -0.400. The van der Waals surface area contributed by atoms with Crippen LogP contribution in [0.5, 0.6) is 0 Å². The number of carbonyl (C=O) groups is 1. The van der Waals surface area contributed by atoms with Crippen LogP contribution in [0.25, 0.3) is 11.3 Å². The van der Waals surface area contributed by atoms with E-state index in [-0.39, 0.29) is 11.6 Å². The summed E-state index contributed by atoms with van der Waals surface area (Å²) in [6.07, 6.45) is 0. The molecule has 0 fully saturated rings. The highest BCUT2D eigenvalue weighted by Gasteiger charge is 2.20. The molecule has 0 aliphatic rings. The Morgan fingerprint density at radius 3 is 2.21 bits per heavy atom. The molecule has 2 N–H and O–H groups in total. The van der Waals surface area contributed by atoms with Crippen molar-refractivity contribution < 1.29 is 4.79 Å². The molecule has 0 bridgehead atoms. The van der Waals surface area contributed by atoms with E-state index < -0.39 is 11.5 Å². The van der Waals surface area contributed by atoms with Gasteiger partial charge in [-0.2, -0.15) is 0 Å². The maximum absolute atomic E-state index is 12.9. The van der Waals surface area contributed by atoms with E-state index in [1.807, 2.05) is 78.2 Å².